The zero-order valence-electron chi connectivity index (χ0n) is 11.0. The van der Waals surface area contributed by atoms with Crippen molar-refractivity contribution in [2.75, 3.05) is 4.72 Å². The van der Waals surface area contributed by atoms with E-state index < -0.39 is 16.1 Å². The van der Waals surface area contributed by atoms with E-state index in [1.165, 1.54) is 0 Å². The molecule has 0 atom stereocenters. The van der Waals surface area contributed by atoms with E-state index >= 15 is 0 Å². The lowest BCUT2D eigenvalue weighted by Gasteiger charge is -2.19. The monoisotopic (exact) mass is 322 g/mol. The van der Waals surface area contributed by atoms with E-state index in [4.69, 9.17) is 11.6 Å². The quantitative estimate of drug-likeness (QED) is 0.847. The van der Waals surface area contributed by atoms with Crippen LogP contribution in [0, 0.1) is 6.92 Å². The van der Waals surface area contributed by atoms with Gasteiger partial charge in [0.2, 0.25) is 0 Å². The van der Waals surface area contributed by atoms with E-state index in [1.807, 2.05) is 29.8 Å². The van der Waals surface area contributed by atoms with Crippen molar-refractivity contribution in [1.29, 1.82) is 0 Å². The molecule has 1 heterocycles. The van der Waals surface area contributed by atoms with Crippen molar-refractivity contribution >= 4 is 33.4 Å². The smallest absolute Gasteiger partial charge is 0.268 e. The van der Waals surface area contributed by atoms with Crippen LogP contribution in [0.5, 0.6) is 0 Å². The van der Waals surface area contributed by atoms with Gasteiger partial charge in [0.15, 0.2) is 0 Å². The molecule has 0 fully saturated rings. The van der Waals surface area contributed by atoms with E-state index in [2.05, 4.69) is 4.72 Å². The predicted molar refractivity (Wildman–Crippen MR) is 81.6 cm³/mol. The highest BCUT2D eigenvalue weighted by Crippen LogP contribution is 2.32. The Labute approximate surface area is 127 Å². The predicted octanol–water partition coefficient (Wildman–Crippen LogP) is 2.72. The maximum atomic E-state index is 11.9. The molecule has 2 N–H and O–H groups in total. The van der Waals surface area contributed by atoms with Crippen molar-refractivity contribution in [3.05, 3.63) is 52.5 Å². The Morgan fingerprint density at radius 3 is 2.48 bits per heavy atom. The summed E-state index contributed by atoms with van der Waals surface area (Å²) in [5.74, 6) is -0.658. The van der Waals surface area contributed by atoms with Crippen LogP contribution < -0.4 is 9.44 Å². The van der Waals surface area contributed by atoms with Gasteiger partial charge in [-0.3, -0.25) is 9.52 Å². The second-order valence-corrected chi connectivity index (χ2v) is 6.60. The van der Waals surface area contributed by atoms with Gasteiger partial charge in [0.05, 0.1) is 11.3 Å². The highest BCUT2D eigenvalue weighted by molar-refractivity contribution is 7.91. The van der Waals surface area contributed by atoms with Crippen LogP contribution in [-0.2, 0) is 10.2 Å². The summed E-state index contributed by atoms with van der Waals surface area (Å²) in [6, 6.07) is 10.5. The van der Waals surface area contributed by atoms with Crippen LogP contribution in [0.1, 0.15) is 15.9 Å². The average Bonchev–Trinajstić information content (AvgIpc) is 2.37. The minimum Gasteiger partial charge on any atom is -0.268 e. The first-order valence-corrected chi connectivity index (χ1v) is 7.97. The molecule has 21 heavy (non-hydrogen) atoms. The average molecular weight is 323 g/mol. The van der Waals surface area contributed by atoms with E-state index in [0.717, 1.165) is 16.7 Å². The van der Waals surface area contributed by atoms with Crippen LogP contribution in [0.15, 0.2) is 36.4 Å². The van der Waals surface area contributed by atoms with Crippen LogP contribution in [0.25, 0.3) is 11.1 Å². The van der Waals surface area contributed by atoms with Crippen LogP contribution in [0.3, 0.4) is 0 Å². The normalized spacial score (nSPS) is 15.8. The number of amides is 1. The third-order valence-electron chi connectivity index (χ3n) is 3.17. The third-order valence-corrected chi connectivity index (χ3v) is 4.43. The summed E-state index contributed by atoms with van der Waals surface area (Å²) >= 11 is 6.22. The standard InChI is InChI=1S/C14H11ClN2O3S/c1-8-2-4-10(12(15)6-8)9-3-5-13-11(7-9)14(18)17-21(19,20)16-13/h2-7,16H,1H3,(H,17,18). The fourth-order valence-corrected chi connectivity index (χ4v) is 3.41. The lowest BCUT2D eigenvalue weighted by Crippen LogP contribution is -2.40. The number of carbonyl (C=O) groups excluding carboxylic acids is 1. The molecule has 3 rings (SSSR count). The Morgan fingerprint density at radius 2 is 1.76 bits per heavy atom. The molecule has 2 aromatic carbocycles. The first kappa shape index (κ1) is 13.9. The van der Waals surface area contributed by atoms with Crippen LogP contribution >= 0.6 is 11.6 Å². The van der Waals surface area contributed by atoms with Crippen molar-refractivity contribution < 1.29 is 13.2 Å². The second-order valence-electron chi connectivity index (χ2n) is 4.78. The third kappa shape index (κ3) is 2.59. The van der Waals surface area contributed by atoms with E-state index in [0.29, 0.717) is 5.02 Å². The lowest BCUT2D eigenvalue weighted by atomic mass is 10.0. The molecule has 0 saturated heterocycles. The molecule has 1 aliphatic heterocycles. The number of anilines is 1. The van der Waals surface area contributed by atoms with E-state index in [9.17, 15) is 13.2 Å². The van der Waals surface area contributed by atoms with Crippen molar-refractivity contribution in [1.82, 2.24) is 4.72 Å². The molecule has 0 bridgehead atoms. The van der Waals surface area contributed by atoms with Crippen molar-refractivity contribution in [2.45, 2.75) is 6.92 Å². The maximum absolute atomic E-state index is 11.9. The van der Waals surface area contributed by atoms with Gasteiger partial charge in [0, 0.05) is 10.6 Å². The van der Waals surface area contributed by atoms with Gasteiger partial charge in [-0.25, -0.2) is 4.72 Å². The highest BCUT2D eigenvalue weighted by atomic mass is 35.5. The minimum atomic E-state index is -3.81. The van der Waals surface area contributed by atoms with Gasteiger partial charge in [-0.2, -0.15) is 8.42 Å². The van der Waals surface area contributed by atoms with Gasteiger partial charge in [-0.15, -0.1) is 0 Å². The number of benzene rings is 2. The largest absolute Gasteiger partial charge is 0.323 e. The van der Waals surface area contributed by atoms with Crippen molar-refractivity contribution in [3.8, 4) is 11.1 Å². The van der Waals surface area contributed by atoms with Crippen LogP contribution in [0.2, 0.25) is 5.02 Å². The van der Waals surface area contributed by atoms with Gasteiger partial charge < -0.3 is 0 Å². The number of hydrogen-bond acceptors (Lipinski definition) is 3. The van der Waals surface area contributed by atoms with Gasteiger partial charge in [0.25, 0.3) is 5.91 Å². The molecule has 1 aliphatic rings. The van der Waals surface area contributed by atoms with Gasteiger partial charge >= 0.3 is 10.2 Å². The zero-order chi connectivity index (χ0) is 15.2. The Morgan fingerprint density at radius 1 is 1.00 bits per heavy atom. The van der Waals surface area contributed by atoms with E-state index in [-0.39, 0.29) is 11.3 Å². The summed E-state index contributed by atoms with van der Waals surface area (Å²) in [6.07, 6.45) is 0. The fraction of sp³-hybridized carbons (Fsp3) is 0.0714. The van der Waals surface area contributed by atoms with Crippen molar-refractivity contribution in [3.63, 3.8) is 0 Å². The second kappa shape index (κ2) is 4.75. The van der Waals surface area contributed by atoms with Crippen LogP contribution in [-0.4, -0.2) is 14.3 Å². The Hall–Kier alpha value is -2.05. The molecule has 5 nitrogen and oxygen atoms in total. The summed E-state index contributed by atoms with van der Waals surface area (Å²) in [5, 5.41) is 0.576. The van der Waals surface area contributed by atoms with Gasteiger partial charge in [-0.05, 0) is 36.2 Å². The molecular formula is C14H11ClN2O3S. The molecule has 0 aromatic heterocycles. The fourth-order valence-electron chi connectivity index (χ4n) is 2.19. The highest BCUT2D eigenvalue weighted by Gasteiger charge is 2.26. The van der Waals surface area contributed by atoms with Crippen LogP contribution in [0.4, 0.5) is 5.69 Å². The molecule has 0 aliphatic carbocycles. The summed E-state index contributed by atoms with van der Waals surface area (Å²) < 4.78 is 27.0. The number of hydrogen-bond donors (Lipinski definition) is 2. The first-order valence-electron chi connectivity index (χ1n) is 6.11. The Bertz CT molecular complexity index is 863. The molecule has 0 spiro atoms. The Balaban J connectivity index is 2.12. The van der Waals surface area contributed by atoms with Gasteiger partial charge in [0.1, 0.15) is 0 Å². The number of nitrogens with one attached hydrogen (secondary N) is 2. The molecule has 0 saturated carbocycles. The number of rotatable bonds is 1. The number of aryl methyl sites for hydroxylation is 1. The zero-order valence-corrected chi connectivity index (χ0v) is 12.5. The first-order chi connectivity index (χ1) is 9.85. The maximum Gasteiger partial charge on any atom is 0.323 e. The number of fused-ring (bicyclic) bond motifs is 1. The van der Waals surface area contributed by atoms with E-state index in [1.54, 1.807) is 18.2 Å². The number of carbonyl (C=O) groups is 1. The Kier molecular flexibility index (Phi) is 3.15. The van der Waals surface area contributed by atoms with Gasteiger partial charge in [-0.1, -0.05) is 29.8 Å². The molecule has 2 aromatic rings. The lowest BCUT2D eigenvalue weighted by molar-refractivity contribution is 0.0981. The molecule has 0 unspecified atom stereocenters. The summed E-state index contributed by atoms with van der Waals surface area (Å²) in [6.45, 7) is 1.94. The molecule has 108 valence electrons. The molecule has 0 radical (unpaired) electrons. The summed E-state index contributed by atoms with van der Waals surface area (Å²) in [7, 11) is -3.81. The summed E-state index contributed by atoms with van der Waals surface area (Å²) in [4.78, 5) is 11.9. The molecule has 7 heteroatoms. The summed E-state index contributed by atoms with van der Waals surface area (Å²) in [5.41, 5.74) is 3.08. The van der Waals surface area contributed by atoms with Crippen molar-refractivity contribution in [2.24, 2.45) is 0 Å². The molecular weight excluding hydrogens is 312 g/mol. The topological polar surface area (TPSA) is 75.3 Å². The number of halogens is 1. The molecule has 1 amide bonds. The minimum absolute atomic E-state index is 0.255. The SMILES string of the molecule is Cc1ccc(-c2ccc3c(c2)C(=O)NS(=O)(=O)N3)c(Cl)c1.